The predicted molar refractivity (Wildman–Crippen MR) is 301 cm³/mol. The van der Waals surface area contributed by atoms with E-state index in [1.807, 2.05) is 152 Å². The molecule has 0 aliphatic rings. The second kappa shape index (κ2) is 41.3. The van der Waals surface area contributed by atoms with Crippen molar-refractivity contribution in [3.63, 3.8) is 0 Å². The fourth-order valence-electron chi connectivity index (χ4n) is 4.35. The topological polar surface area (TPSA) is 116 Å². The maximum absolute atomic E-state index is 4.08. The molecule has 8 rings (SSSR count). The summed E-state index contributed by atoms with van der Waals surface area (Å²) in [5, 5.41) is 7.52. The number of aryl methyl sites for hydroxylation is 16. The Hall–Kier alpha value is -6.87. The van der Waals surface area contributed by atoms with Crippen LogP contribution >= 0.6 is 0 Å². The van der Waals surface area contributed by atoms with Crippen LogP contribution in [0.25, 0.3) is 0 Å². The van der Waals surface area contributed by atoms with Crippen LogP contribution in [-0.4, -0.2) is 45.1 Å². The van der Waals surface area contributed by atoms with E-state index in [-0.39, 0.29) is 37.1 Å². The average molecular weight is 938 g/mol. The molecule has 0 saturated carbocycles. The average Bonchev–Trinajstić information content (AvgIpc) is 3.28. The van der Waals surface area contributed by atoms with Gasteiger partial charge >= 0.3 is 0 Å². The van der Waals surface area contributed by atoms with E-state index in [1.165, 1.54) is 61.2 Å². The van der Waals surface area contributed by atoms with Crippen molar-refractivity contribution in [3.05, 3.63) is 231 Å². The summed E-state index contributed by atoms with van der Waals surface area (Å²) in [6, 6.07) is 24.0. The van der Waals surface area contributed by atoms with E-state index in [9.17, 15) is 0 Å². The fraction of sp³-hybridized carbons (Fsp3) is 0.350. The minimum absolute atomic E-state index is 0. The van der Waals surface area contributed by atoms with Crippen molar-refractivity contribution in [2.75, 3.05) is 0 Å². The minimum atomic E-state index is 0. The molecule has 9 nitrogen and oxygen atoms in total. The van der Waals surface area contributed by atoms with Crippen molar-refractivity contribution in [2.24, 2.45) is 0 Å². The lowest BCUT2D eigenvalue weighted by atomic mass is 10.2. The van der Waals surface area contributed by atoms with Crippen LogP contribution in [0.2, 0.25) is 0 Å². The van der Waals surface area contributed by atoms with Gasteiger partial charge in [-0.25, -0.2) is 0 Å². The van der Waals surface area contributed by atoms with Crippen molar-refractivity contribution in [1.29, 1.82) is 0 Å². The fourth-order valence-corrected chi connectivity index (χ4v) is 4.35. The molecule has 9 heteroatoms. The highest BCUT2D eigenvalue weighted by Crippen LogP contribution is 2.04. The first kappa shape index (κ1) is 71.1. The van der Waals surface area contributed by atoms with Crippen LogP contribution in [0.5, 0.6) is 0 Å². The molecule has 0 amide bonds. The van der Waals surface area contributed by atoms with Gasteiger partial charge in [-0.05, 0) is 221 Å². The first-order chi connectivity index (χ1) is 30.4. The lowest BCUT2D eigenvalue weighted by molar-refractivity contribution is 0.961. The van der Waals surface area contributed by atoms with Gasteiger partial charge in [0.15, 0.2) is 0 Å². The Morgan fingerprint density at radius 2 is 0.464 bits per heavy atom. The number of pyridine rings is 7. The van der Waals surface area contributed by atoms with Crippen molar-refractivity contribution in [2.45, 2.75) is 148 Å². The van der Waals surface area contributed by atoms with Crippen LogP contribution in [0.3, 0.4) is 0 Å². The molecule has 376 valence electrons. The van der Waals surface area contributed by atoms with E-state index in [4.69, 9.17) is 0 Å². The Labute approximate surface area is 422 Å². The van der Waals surface area contributed by atoms with Gasteiger partial charge in [-0.1, -0.05) is 61.4 Å². The van der Waals surface area contributed by atoms with E-state index in [1.54, 1.807) is 6.20 Å². The third-order valence-electron chi connectivity index (χ3n) is 10.2. The van der Waals surface area contributed by atoms with Gasteiger partial charge in [0.2, 0.25) is 0 Å². The molecule has 0 aliphatic heterocycles. The Morgan fingerprint density at radius 1 is 0.232 bits per heavy atom. The molecule has 8 aromatic rings. The van der Waals surface area contributed by atoms with Crippen LogP contribution in [0.4, 0.5) is 0 Å². The van der Waals surface area contributed by atoms with Crippen LogP contribution in [0.1, 0.15) is 127 Å². The van der Waals surface area contributed by atoms with E-state index >= 15 is 0 Å². The van der Waals surface area contributed by atoms with Gasteiger partial charge < -0.3 is 0 Å². The summed E-state index contributed by atoms with van der Waals surface area (Å²) >= 11 is 0. The summed E-state index contributed by atoms with van der Waals surface area (Å²) < 4.78 is 0. The Kier molecular flexibility index (Phi) is 42.6. The summed E-state index contributed by atoms with van der Waals surface area (Å²) in [6.07, 6.45) is 20.0. The van der Waals surface area contributed by atoms with Gasteiger partial charge in [0.05, 0.1) is 5.69 Å². The maximum Gasteiger partial charge on any atom is 0.0629 e. The van der Waals surface area contributed by atoms with Crippen LogP contribution < -0.4 is 0 Å². The highest BCUT2D eigenvalue weighted by atomic mass is 15.1. The van der Waals surface area contributed by atoms with Gasteiger partial charge in [0.25, 0.3) is 0 Å². The standard InChI is InChI=1S/7C7H9N.C6H8N2.5CH4/c3*1-6-3-4-8-5-7(6)2;4*1-6-4-3-5-8-7(6)2;1-5-3-4-7-8-6(5)2;;;;;/h7*3-5H,1-2H3;3-4H,1-2H3;5*1H4. The highest BCUT2D eigenvalue weighted by Gasteiger charge is 1.90. The molecular weight excluding hydrogens is 847 g/mol. The molecule has 0 atom stereocenters. The second-order valence-corrected chi connectivity index (χ2v) is 15.3. The normalized spacial score (nSPS) is 8.58. The second-order valence-electron chi connectivity index (χ2n) is 15.3. The lowest BCUT2D eigenvalue weighted by Crippen LogP contribution is -1.86. The molecule has 0 saturated heterocycles. The molecule has 0 N–H and O–H groups in total. The van der Waals surface area contributed by atoms with Crippen molar-refractivity contribution < 1.29 is 0 Å². The summed E-state index contributed by atoms with van der Waals surface area (Å²) in [5.74, 6) is 0. The molecule has 0 spiro atoms. The molecule has 69 heavy (non-hydrogen) atoms. The van der Waals surface area contributed by atoms with Gasteiger partial charge in [-0.15, -0.1) is 0 Å². The third kappa shape index (κ3) is 32.5. The molecule has 8 aromatic heterocycles. The molecular formula is C60H91N9. The van der Waals surface area contributed by atoms with E-state index in [2.05, 4.69) is 139 Å². The SMILES string of the molecule is C.C.C.C.C.Cc1cccnc1C.Cc1cccnc1C.Cc1cccnc1C.Cc1cccnc1C.Cc1ccncc1C.Cc1ccncc1C.Cc1ccncc1C.Cc1ccnnc1C. The molecule has 0 unspecified atom stereocenters. The first-order valence-corrected chi connectivity index (χ1v) is 21.3. The third-order valence-corrected chi connectivity index (χ3v) is 10.2. The first-order valence-electron chi connectivity index (χ1n) is 21.3. The zero-order valence-electron chi connectivity index (χ0n) is 41.3. The number of rotatable bonds is 0. The lowest BCUT2D eigenvalue weighted by Gasteiger charge is -1.92. The van der Waals surface area contributed by atoms with Crippen molar-refractivity contribution in [3.8, 4) is 0 Å². The largest absolute Gasteiger partial charge is 0.264 e. The highest BCUT2D eigenvalue weighted by molar-refractivity contribution is 5.21. The van der Waals surface area contributed by atoms with Crippen molar-refractivity contribution in [1.82, 2.24) is 45.1 Å². The summed E-state index contributed by atoms with van der Waals surface area (Å²) in [5.41, 5.74) is 19.4. The molecule has 0 fully saturated rings. The zero-order chi connectivity index (χ0) is 47.9. The van der Waals surface area contributed by atoms with Gasteiger partial charge in [0, 0.05) is 90.9 Å². The molecule has 0 radical (unpaired) electrons. The summed E-state index contributed by atoms with van der Waals surface area (Å²) in [7, 11) is 0. The van der Waals surface area contributed by atoms with Crippen LogP contribution in [0.15, 0.2) is 141 Å². The van der Waals surface area contributed by atoms with E-state index < -0.39 is 0 Å². The van der Waals surface area contributed by atoms with Crippen molar-refractivity contribution >= 4 is 0 Å². The molecule has 8 heterocycles. The van der Waals surface area contributed by atoms with Crippen LogP contribution in [-0.2, 0) is 0 Å². The van der Waals surface area contributed by atoms with E-state index in [0.717, 1.165) is 28.5 Å². The van der Waals surface area contributed by atoms with Crippen LogP contribution in [0, 0.1) is 111 Å². The zero-order valence-corrected chi connectivity index (χ0v) is 41.3. The van der Waals surface area contributed by atoms with Gasteiger partial charge in [0.1, 0.15) is 0 Å². The predicted octanol–water partition coefficient (Wildman–Crippen LogP) is 16.2. The Morgan fingerprint density at radius 3 is 0.594 bits per heavy atom. The van der Waals surface area contributed by atoms with Gasteiger partial charge in [-0.2, -0.15) is 10.2 Å². The number of hydrogen-bond acceptors (Lipinski definition) is 9. The van der Waals surface area contributed by atoms with E-state index in [0.29, 0.717) is 0 Å². The minimum Gasteiger partial charge on any atom is -0.264 e. The number of nitrogens with zero attached hydrogens (tertiary/aromatic N) is 9. The van der Waals surface area contributed by atoms with Gasteiger partial charge in [-0.3, -0.25) is 34.9 Å². The molecule has 0 aliphatic carbocycles. The Balaban J connectivity index is -0.000000224. The maximum atomic E-state index is 4.08. The molecule has 0 aromatic carbocycles. The summed E-state index contributed by atoms with van der Waals surface area (Å²) in [6.45, 7) is 32.6. The Bertz CT molecular complexity index is 1810. The summed E-state index contributed by atoms with van der Waals surface area (Å²) in [4.78, 5) is 28.2. The molecule has 0 bridgehead atoms. The number of hydrogen-bond donors (Lipinski definition) is 0. The smallest absolute Gasteiger partial charge is 0.0629 e. The quantitative estimate of drug-likeness (QED) is 0.146. The number of aromatic nitrogens is 9. The monoisotopic (exact) mass is 938 g/mol.